The Balaban J connectivity index is 2.36. The van der Waals surface area contributed by atoms with Crippen molar-refractivity contribution in [1.82, 2.24) is 10.6 Å². The van der Waals surface area contributed by atoms with Crippen LogP contribution in [0.25, 0.3) is 0 Å². The van der Waals surface area contributed by atoms with Gasteiger partial charge in [-0.05, 0) is 25.0 Å². The number of carboxylic acid groups (broad SMARTS) is 1. The van der Waals surface area contributed by atoms with Gasteiger partial charge in [0.05, 0.1) is 12.8 Å². The SMILES string of the molecule is COCCCC(NC(=O)CNC(=O)c1ccco1)C(=O)O. The number of carboxylic acids is 1. The molecule has 21 heavy (non-hydrogen) atoms. The zero-order chi connectivity index (χ0) is 15.7. The van der Waals surface area contributed by atoms with Crippen LogP contribution in [0.1, 0.15) is 23.4 Å². The molecule has 1 aromatic rings. The van der Waals surface area contributed by atoms with E-state index in [0.29, 0.717) is 13.0 Å². The van der Waals surface area contributed by atoms with Crippen LogP contribution >= 0.6 is 0 Å². The fourth-order valence-electron chi connectivity index (χ4n) is 1.59. The second-order valence-electron chi connectivity index (χ2n) is 4.25. The molecule has 0 saturated heterocycles. The van der Waals surface area contributed by atoms with Crippen molar-refractivity contribution in [3.8, 4) is 0 Å². The van der Waals surface area contributed by atoms with Crippen LogP contribution in [0.2, 0.25) is 0 Å². The minimum absolute atomic E-state index is 0.0812. The normalized spacial score (nSPS) is 11.7. The van der Waals surface area contributed by atoms with Crippen molar-refractivity contribution >= 4 is 17.8 Å². The highest BCUT2D eigenvalue weighted by molar-refractivity contribution is 5.94. The van der Waals surface area contributed by atoms with Crippen LogP contribution in [-0.2, 0) is 14.3 Å². The number of hydrogen-bond donors (Lipinski definition) is 3. The van der Waals surface area contributed by atoms with Gasteiger partial charge in [0.1, 0.15) is 6.04 Å². The summed E-state index contributed by atoms with van der Waals surface area (Å²) in [5, 5.41) is 13.7. The van der Waals surface area contributed by atoms with Gasteiger partial charge in [-0.2, -0.15) is 0 Å². The Morgan fingerprint density at radius 1 is 1.43 bits per heavy atom. The highest BCUT2D eigenvalue weighted by Crippen LogP contribution is 2.00. The number of carbonyl (C=O) groups is 3. The van der Waals surface area contributed by atoms with E-state index in [2.05, 4.69) is 10.6 Å². The zero-order valence-electron chi connectivity index (χ0n) is 11.6. The van der Waals surface area contributed by atoms with Crippen LogP contribution < -0.4 is 10.6 Å². The maximum absolute atomic E-state index is 11.6. The minimum atomic E-state index is -1.13. The highest BCUT2D eigenvalue weighted by atomic mass is 16.5. The molecule has 0 aliphatic rings. The van der Waals surface area contributed by atoms with Crippen LogP contribution in [0.4, 0.5) is 0 Å². The number of rotatable bonds is 9. The highest BCUT2D eigenvalue weighted by Gasteiger charge is 2.20. The lowest BCUT2D eigenvalue weighted by Gasteiger charge is -2.14. The summed E-state index contributed by atoms with van der Waals surface area (Å²) in [5.41, 5.74) is 0. The number of hydrogen-bond acceptors (Lipinski definition) is 5. The number of ether oxygens (including phenoxy) is 1. The maximum atomic E-state index is 11.6. The molecule has 1 rings (SSSR count). The zero-order valence-corrected chi connectivity index (χ0v) is 11.6. The quantitative estimate of drug-likeness (QED) is 0.553. The van der Waals surface area contributed by atoms with Gasteiger partial charge in [0.2, 0.25) is 5.91 Å². The second-order valence-corrected chi connectivity index (χ2v) is 4.25. The second kappa shape index (κ2) is 8.75. The van der Waals surface area contributed by atoms with Crippen molar-refractivity contribution in [3.63, 3.8) is 0 Å². The predicted octanol–water partition coefficient (Wildman–Crippen LogP) is 0.00540. The molecule has 1 unspecified atom stereocenters. The molecule has 0 bridgehead atoms. The summed E-state index contributed by atoms with van der Waals surface area (Å²) in [6.07, 6.45) is 2.10. The first-order valence-corrected chi connectivity index (χ1v) is 6.37. The first-order valence-electron chi connectivity index (χ1n) is 6.37. The molecule has 0 radical (unpaired) electrons. The molecule has 8 nitrogen and oxygen atoms in total. The van der Waals surface area contributed by atoms with E-state index in [-0.39, 0.29) is 18.7 Å². The Hall–Kier alpha value is -2.35. The Bertz CT molecular complexity index is 471. The van der Waals surface area contributed by atoms with Gasteiger partial charge in [-0.15, -0.1) is 0 Å². The number of methoxy groups -OCH3 is 1. The molecule has 0 fully saturated rings. The third-order valence-electron chi connectivity index (χ3n) is 2.63. The number of nitrogens with one attached hydrogen (secondary N) is 2. The molecule has 2 amide bonds. The van der Waals surface area contributed by atoms with Crippen molar-refractivity contribution in [2.45, 2.75) is 18.9 Å². The Morgan fingerprint density at radius 2 is 2.19 bits per heavy atom. The van der Waals surface area contributed by atoms with Gasteiger partial charge in [-0.1, -0.05) is 0 Å². The smallest absolute Gasteiger partial charge is 0.326 e. The van der Waals surface area contributed by atoms with Gasteiger partial charge in [0.15, 0.2) is 5.76 Å². The summed E-state index contributed by atoms with van der Waals surface area (Å²) in [6.45, 7) is 0.0858. The van der Waals surface area contributed by atoms with Gasteiger partial charge in [-0.25, -0.2) is 4.79 Å². The number of carbonyl (C=O) groups excluding carboxylic acids is 2. The standard InChI is InChI=1S/C13H18N2O6/c1-20-6-2-4-9(13(18)19)15-11(16)8-14-12(17)10-5-3-7-21-10/h3,5,7,9H,2,4,6,8H2,1H3,(H,14,17)(H,15,16)(H,18,19). The molecule has 0 saturated carbocycles. The Labute approximate surface area is 121 Å². The molecular weight excluding hydrogens is 280 g/mol. The molecule has 0 aromatic carbocycles. The van der Waals surface area contributed by atoms with Crippen molar-refractivity contribution in [1.29, 1.82) is 0 Å². The summed E-state index contributed by atoms with van der Waals surface area (Å²) in [7, 11) is 1.51. The molecule has 3 N–H and O–H groups in total. The lowest BCUT2D eigenvalue weighted by molar-refractivity contribution is -0.141. The van der Waals surface area contributed by atoms with Gasteiger partial charge in [-0.3, -0.25) is 9.59 Å². The van der Waals surface area contributed by atoms with Gasteiger partial charge in [0, 0.05) is 13.7 Å². The molecule has 8 heteroatoms. The minimum Gasteiger partial charge on any atom is -0.480 e. The first-order chi connectivity index (χ1) is 10.0. The monoisotopic (exact) mass is 298 g/mol. The van der Waals surface area contributed by atoms with Crippen molar-refractivity contribution in [2.75, 3.05) is 20.3 Å². The van der Waals surface area contributed by atoms with E-state index < -0.39 is 23.8 Å². The van der Waals surface area contributed by atoms with Crippen LogP contribution in [-0.4, -0.2) is 49.2 Å². The Morgan fingerprint density at radius 3 is 2.76 bits per heavy atom. The van der Waals surface area contributed by atoms with E-state index >= 15 is 0 Å². The summed E-state index contributed by atoms with van der Waals surface area (Å²) in [6, 6.07) is 2.00. The van der Waals surface area contributed by atoms with Crippen LogP contribution in [0.5, 0.6) is 0 Å². The summed E-state index contributed by atoms with van der Waals surface area (Å²) < 4.78 is 9.68. The van der Waals surface area contributed by atoms with E-state index in [1.54, 1.807) is 6.07 Å². The average Bonchev–Trinajstić information content (AvgIpc) is 2.98. The van der Waals surface area contributed by atoms with Crippen molar-refractivity contribution in [3.05, 3.63) is 24.2 Å². The molecule has 1 atom stereocenters. The van der Waals surface area contributed by atoms with Gasteiger partial charge >= 0.3 is 5.97 Å². The third-order valence-corrected chi connectivity index (χ3v) is 2.63. The molecule has 116 valence electrons. The number of furan rings is 1. The largest absolute Gasteiger partial charge is 0.480 e. The van der Waals surface area contributed by atoms with Gasteiger partial charge < -0.3 is 24.9 Å². The summed E-state index contributed by atoms with van der Waals surface area (Å²) in [5.74, 6) is -2.17. The Kier molecular flexibility index (Phi) is 6.96. The van der Waals surface area contributed by atoms with Crippen LogP contribution in [0.3, 0.4) is 0 Å². The average molecular weight is 298 g/mol. The fourth-order valence-corrected chi connectivity index (χ4v) is 1.59. The molecule has 0 aliphatic carbocycles. The van der Waals surface area contributed by atoms with E-state index in [1.807, 2.05) is 0 Å². The molecule has 1 aromatic heterocycles. The molecule has 0 aliphatic heterocycles. The van der Waals surface area contributed by atoms with E-state index in [4.69, 9.17) is 14.3 Å². The van der Waals surface area contributed by atoms with Crippen molar-refractivity contribution < 1.29 is 28.6 Å². The maximum Gasteiger partial charge on any atom is 0.326 e. The van der Waals surface area contributed by atoms with E-state index in [1.165, 1.54) is 19.4 Å². The number of aliphatic carboxylic acids is 1. The molecule has 1 heterocycles. The summed E-state index contributed by atoms with van der Waals surface area (Å²) in [4.78, 5) is 34.1. The van der Waals surface area contributed by atoms with E-state index in [9.17, 15) is 14.4 Å². The first kappa shape index (κ1) is 16.7. The fraction of sp³-hybridized carbons (Fsp3) is 0.462. The lowest BCUT2D eigenvalue weighted by Crippen LogP contribution is -2.45. The van der Waals surface area contributed by atoms with Gasteiger partial charge in [0.25, 0.3) is 5.91 Å². The number of amides is 2. The van der Waals surface area contributed by atoms with E-state index in [0.717, 1.165) is 0 Å². The molecular formula is C13H18N2O6. The van der Waals surface area contributed by atoms with Crippen LogP contribution in [0, 0.1) is 0 Å². The summed E-state index contributed by atoms with van der Waals surface area (Å²) >= 11 is 0. The third kappa shape index (κ3) is 6.09. The predicted molar refractivity (Wildman–Crippen MR) is 71.7 cm³/mol. The topological polar surface area (TPSA) is 118 Å². The van der Waals surface area contributed by atoms with Crippen molar-refractivity contribution in [2.24, 2.45) is 0 Å². The molecule has 0 spiro atoms. The van der Waals surface area contributed by atoms with Crippen LogP contribution in [0.15, 0.2) is 22.8 Å². The lowest BCUT2D eigenvalue weighted by atomic mass is 10.1.